The maximum atomic E-state index is 12.9. The van der Waals surface area contributed by atoms with Gasteiger partial charge in [-0.3, -0.25) is 0 Å². The number of fused-ring (bicyclic) bond motifs is 1. The van der Waals surface area contributed by atoms with E-state index in [-0.39, 0.29) is 5.82 Å². The first-order valence-corrected chi connectivity index (χ1v) is 6.78. The number of halogens is 2. The molecule has 5 heteroatoms. The van der Waals surface area contributed by atoms with Gasteiger partial charge >= 0.3 is 0 Å². The highest BCUT2D eigenvalue weighted by atomic mass is 79.9. The average molecular weight is 330 g/mol. The highest BCUT2D eigenvalue weighted by Gasteiger charge is 2.11. The molecule has 0 spiro atoms. The van der Waals surface area contributed by atoms with Crippen LogP contribution in [-0.4, -0.2) is 9.38 Å². The maximum absolute atomic E-state index is 12.9. The van der Waals surface area contributed by atoms with Crippen molar-refractivity contribution in [2.45, 2.75) is 6.42 Å². The lowest BCUT2D eigenvalue weighted by Gasteiger charge is -2.02. The summed E-state index contributed by atoms with van der Waals surface area (Å²) in [7, 11) is 0. The Labute approximate surface area is 123 Å². The Kier molecular flexibility index (Phi) is 3.25. The molecule has 0 N–H and O–H groups in total. The lowest BCUT2D eigenvalue weighted by atomic mass is 10.1. The summed E-state index contributed by atoms with van der Waals surface area (Å²) >= 11 is 3.41. The average Bonchev–Trinajstić information content (AvgIpc) is 2.79. The van der Waals surface area contributed by atoms with E-state index in [4.69, 9.17) is 5.26 Å². The monoisotopic (exact) mass is 329 g/mol. The fourth-order valence-corrected chi connectivity index (χ4v) is 2.45. The van der Waals surface area contributed by atoms with Crippen LogP contribution in [0.15, 0.2) is 47.1 Å². The first-order valence-electron chi connectivity index (χ1n) is 5.98. The molecule has 0 aliphatic carbocycles. The van der Waals surface area contributed by atoms with Crippen LogP contribution in [0.3, 0.4) is 0 Å². The van der Waals surface area contributed by atoms with Gasteiger partial charge in [0.1, 0.15) is 17.7 Å². The minimum Gasteiger partial charge on any atom is -0.301 e. The molecular weight excluding hydrogens is 321 g/mol. The van der Waals surface area contributed by atoms with E-state index in [1.165, 1.54) is 12.1 Å². The Morgan fingerprint density at radius 2 is 1.95 bits per heavy atom. The summed E-state index contributed by atoms with van der Waals surface area (Å²) in [6.07, 6.45) is 2.42. The van der Waals surface area contributed by atoms with Crippen LogP contribution in [0.1, 0.15) is 17.1 Å². The first kappa shape index (κ1) is 12.8. The van der Waals surface area contributed by atoms with Crippen LogP contribution in [0, 0.1) is 17.1 Å². The van der Waals surface area contributed by atoms with Crippen LogP contribution in [0.2, 0.25) is 0 Å². The van der Waals surface area contributed by atoms with Gasteiger partial charge in [0.2, 0.25) is 0 Å². The summed E-state index contributed by atoms with van der Waals surface area (Å²) in [4.78, 5) is 4.35. The normalized spacial score (nSPS) is 10.7. The van der Waals surface area contributed by atoms with E-state index in [0.717, 1.165) is 21.4 Å². The second-order valence-corrected chi connectivity index (χ2v) is 5.31. The predicted octanol–water partition coefficient (Wildman–Crippen LogP) is 3.70. The molecule has 0 aliphatic rings. The number of hydrogen-bond acceptors (Lipinski definition) is 2. The summed E-state index contributed by atoms with van der Waals surface area (Å²) in [5.41, 5.74) is 2.12. The Morgan fingerprint density at radius 3 is 2.65 bits per heavy atom. The van der Waals surface area contributed by atoms with Gasteiger partial charge in [-0.05, 0) is 45.8 Å². The fraction of sp³-hybridized carbons (Fsp3) is 0.0667. The highest BCUT2D eigenvalue weighted by Crippen LogP contribution is 2.19. The molecule has 2 aromatic heterocycles. The van der Waals surface area contributed by atoms with E-state index in [1.807, 2.05) is 22.7 Å². The number of rotatable bonds is 2. The fourth-order valence-electron chi connectivity index (χ4n) is 2.11. The third-order valence-electron chi connectivity index (χ3n) is 3.06. The number of aromatic nitrogens is 2. The molecule has 0 bridgehead atoms. The van der Waals surface area contributed by atoms with Gasteiger partial charge in [0, 0.05) is 17.1 Å². The highest BCUT2D eigenvalue weighted by molar-refractivity contribution is 9.10. The number of pyridine rings is 1. The molecule has 0 saturated heterocycles. The van der Waals surface area contributed by atoms with E-state index < -0.39 is 0 Å². The molecule has 0 atom stereocenters. The summed E-state index contributed by atoms with van der Waals surface area (Å²) < 4.78 is 15.7. The van der Waals surface area contributed by atoms with Crippen LogP contribution in [0.25, 0.3) is 5.52 Å². The molecule has 0 amide bonds. The van der Waals surface area contributed by atoms with Crippen molar-refractivity contribution in [1.29, 1.82) is 5.26 Å². The van der Waals surface area contributed by atoms with E-state index in [0.29, 0.717) is 12.1 Å². The Bertz CT molecular complexity index is 815. The van der Waals surface area contributed by atoms with Crippen molar-refractivity contribution in [3.8, 4) is 6.07 Å². The van der Waals surface area contributed by atoms with Crippen molar-refractivity contribution in [2.24, 2.45) is 0 Å². The van der Waals surface area contributed by atoms with Crippen LogP contribution < -0.4 is 0 Å². The molecule has 0 fully saturated rings. The zero-order valence-corrected chi connectivity index (χ0v) is 11.9. The van der Waals surface area contributed by atoms with Gasteiger partial charge < -0.3 is 4.40 Å². The largest absolute Gasteiger partial charge is 0.301 e. The number of hydrogen-bond donors (Lipinski definition) is 0. The van der Waals surface area contributed by atoms with Gasteiger partial charge in [-0.15, -0.1) is 0 Å². The predicted molar refractivity (Wildman–Crippen MR) is 76.8 cm³/mol. The third-order valence-corrected chi connectivity index (χ3v) is 3.52. The van der Waals surface area contributed by atoms with Crippen molar-refractivity contribution in [2.75, 3.05) is 0 Å². The van der Waals surface area contributed by atoms with E-state index >= 15 is 0 Å². The SMILES string of the molecule is N#Cc1nc(Cc2ccc(F)cc2)n2cc(Br)ccc12. The van der Waals surface area contributed by atoms with Crippen LogP contribution in [0.4, 0.5) is 4.39 Å². The number of benzene rings is 1. The molecule has 3 rings (SSSR count). The zero-order valence-electron chi connectivity index (χ0n) is 10.3. The lowest BCUT2D eigenvalue weighted by Crippen LogP contribution is -1.96. The maximum Gasteiger partial charge on any atom is 0.166 e. The van der Waals surface area contributed by atoms with Gasteiger partial charge in [-0.2, -0.15) is 5.26 Å². The number of imidazole rings is 1. The Balaban J connectivity index is 2.09. The minimum atomic E-state index is -0.262. The van der Waals surface area contributed by atoms with Crippen LogP contribution in [0.5, 0.6) is 0 Å². The summed E-state index contributed by atoms with van der Waals surface area (Å²) in [6, 6.07) is 12.1. The first-order chi connectivity index (χ1) is 9.67. The molecule has 0 radical (unpaired) electrons. The Hall–Kier alpha value is -2.19. The molecule has 98 valence electrons. The van der Waals surface area contributed by atoms with Crippen molar-refractivity contribution in [3.63, 3.8) is 0 Å². The number of nitrogens with zero attached hydrogens (tertiary/aromatic N) is 3. The van der Waals surface area contributed by atoms with E-state index in [1.54, 1.807) is 12.1 Å². The summed E-state index contributed by atoms with van der Waals surface area (Å²) in [6.45, 7) is 0. The smallest absolute Gasteiger partial charge is 0.166 e. The van der Waals surface area contributed by atoms with Crippen molar-refractivity contribution in [1.82, 2.24) is 9.38 Å². The van der Waals surface area contributed by atoms with Gasteiger partial charge in [-0.25, -0.2) is 9.37 Å². The van der Waals surface area contributed by atoms with Crippen molar-refractivity contribution in [3.05, 3.63) is 70.0 Å². The van der Waals surface area contributed by atoms with Gasteiger partial charge in [0.05, 0.1) is 5.52 Å². The molecule has 1 aromatic carbocycles. The number of nitriles is 1. The quantitative estimate of drug-likeness (QED) is 0.719. The second kappa shape index (κ2) is 5.06. The van der Waals surface area contributed by atoms with Gasteiger partial charge in [0.15, 0.2) is 5.69 Å². The topological polar surface area (TPSA) is 41.1 Å². The van der Waals surface area contributed by atoms with Crippen molar-refractivity contribution < 1.29 is 4.39 Å². The Morgan fingerprint density at radius 1 is 1.20 bits per heavy atom. The van der Waals surface area contributed by atoms with Crippen LogP contribution >= 0.6 is 15.9 Å². The zero-order chi connectivity index (χ0) is 14.1. The van der Waals surface area contributed by atoms with Crippen molar-refractivity contribution >= 4 is 21.4 Å². The lowest BCUT2D eigenvalue weighted by molar-refractivity contribution is 0.627. The van der Waals surface area contributed by atoms with Gasteiger partial charge in [0.25, 0.3) is 0 Å². The van der Waals surface area contributed by atoms with Gasteiger partial charge in [-0.1, -0.05) is 12.1 Å². The molecule has 0 unspecified atom stereocenters. The second-order valence-electron chi connectivity index (χ2n) is 4.39. The van der Waals surface area contributed by atoms with E-state index in [2.05, 4.69) is 27.0 Å². The minimum absolute atomic E-state index is 0.262. The summed E-state index contributed by atoms with van der Waals surface area (Å²) in [5.74, 6) is 0.492. The van der Waals surface area contributed by atoms with Crippen LogP contribution in [-0.2, 0) is 6.42 Å². The third kappa shape index (κ3) is 2.30. The molecular formula is C15H9BrFN3. The molecule has 3 aromatic rings. The van der Waals surface area contributed by atoms with E-state index in [9.17, 15) is 4.39 Å². The molecule has 0 aliphatic heterocycles. The summed E-state index contributed by atoms with van der Waals surface area (Å²) in [5, 5.41) is 9.13. The standard InChI is InChI=1S/C15H9BrFN3/c16-11-3-6-14-13(8-18)19-15(20(14)9-11)7-10-1-4-12(17)5-2-10/h1-6,9H,7H2. The molecule has 20 heavy (non-hydrogen) atoms. The molecule has 3 nitrogen and oxygen atoms in total. The molecule has 0 saturated carbocycles. The molecule has 2 heterocycles.